The molecule has 0 fully saturated rings. The van der Waals surface area contributed by atoms with E-state index in [1.54, 1.807) is 33.5 Å². The van der Waals surface area contributed by atoms with Crippen LogP contribution < -0.4 is 42.4 Å². The van der Waals surface area contributed by atoms with Crippen molar-refractivity contribution in [2.75, 3.05) is 33.8 Å². The van der Waals surface area contributed by atoms with Crippen LogP contribution in [-0.2, 0) is 9.59 Å². The topological polar surface area (TPSA) is 144 Å². The van der Waals surface area contributed by atoms with Crippen LogP contribution in [0.1, 0.15) is 12.8 Å². The average molecular weight is 538 g/mol. The van der Waals surface area contributed by atoms with Crippen LogP contribution in [0.15, 0.2) is 35.7 Å². The van der Waals surface area contributed by atoms with Gasteiger partial charge in [0, 0.05) is 22.9 Å². The second-order valence-electron chi connectivity index (χ2n) is 7.52. The summed E-state index contributed by atoms with van der Waals surface area (Å²) in [6.07, 6.45) is -0.0135. The second kappa shape index (κ2) is 13.0. The van der Waals surface area contributed by atoms with Gasteiger partial charge in [0.1, 0.15) is 5.75 Å². The van der Waals surface area contributed by atoms with Gasteiger partial charge in [-0.3, -0.25) is 9.59 Å². The summed E-state index contributed by atoms with van der Waals surface area (Å²) in [4.78, 5) is 23.4. The summed E-state index contributed by atoms with van der Waals surface area (Å²) in [6, 6.07) is 8.32. The summed E-state index contributed by atoms with van der Waals surface area (Å²) >= 11 is 1.29. The summed E-state index contributed by atoms with van der Waals surface area (Å²) in [7, 11) is 6.14. The number of carbonyl (C=O) groups is 2. The lowest BCUT2D eigenvalue weighted by atomic mass is 10.0. The van der Waals surface area contributed by atoms with Gasteiger partial charge in [0.2, 0.25) is 5.75 Å². The van der Waals surface area contributed by atoms with Crippen LogP contribution in [0.3, 0.4) is 0 Å². The number of methoxy groups -OCH3 is 4. The highest BCUT2D eigenvalue weighted by atomic mass is 35.5. The van der Waals surface area contributed by atoms with Crippen molar-refractivity contribution in [3.63, 3.8) is 0 Å². The molecule has 194 valence electrons. The summed E-state index contributed by atoms with van der Waals surface area (Å²) in [5, 5.41) is 13.6. The number of anilines is 1. The van der Waals surface area contributed by atoms with E-state index in [1.165, 1.54) is 18.6 Å². The SMILES string of the molecule is COc1ccc(-c2csnc2-c2cc(OC)c(OC)c(OC)c2)cc1NC(=O)[C@H]([NH3+])CCC(=O)O.[Cl-]. The van der Waals surface area contributed by atoms with E-state index in [0.717, 1.165) is 16.7 Å². The first-order valence-corrected chi connectivity index (χ1v) is 11.4. The Hall–Kier alpha value is -3.54. The van der Waals surface area contributed by atoms with Gasteiger partial charge in [-0.15, -0.1) is 0 Å². The quantitative estimate of drug-likeness (QED) is 0.308. The fourth-order valence-electron chi connectivity index (χ4n) is 3.50. The van der Waals surface area contributed by atoms with Crippen molar-refractivity contribution < 1.29 is 51.8 Å². The zero-order valence-corrected chi connectivity index (χ0v) is 21.9. The number of rotatable bonds is 11. The minimum atomic E-state index is -0.977. The van der Waals surface area contributed by atoms with Crippen LogP contribution in [0, 0.1) is 0 Å². The monoisotopic (exact) mass is 537 g/mol. The Bertz CT molecular complexity index is 1190. The van der Waals surface area contributed by atoms with Crippen molar-refractivity contribution in [3.8, 4) is 45.4 Å². The van der Waals surface area contributed by atoms with Crippen LogP contribution in [0.5, 0.6) is 23.0 Å². The number of nitrogens with zero attached hydrogens (tertiary/aromatic N) is 1. The number of hydrogen-bond acceptors (Lipinski definition) is 8. The first kappa shape index (κ1) is 28.7. The van der Waals surface area contributed by atoms with Crippen molar-refractivity contribution in [2.24, 2.45) is 0 Å². The van der Waals surface area contributed by atoms with E-state index in [1.807, 2.05) is 23.6 Å². The maximum Gasteiger partial charge on any atom is 0.303 e. The zero-order valence-electron chi connectivity index (χ0n) is 20.3. The van der Waals surface area contributed by atoms with Crippen molar-refractivity contribution in [1.82, 2.24) is 4.37 Å². The van der Waals surface area contributed by atoms with E-state index >= 15 is 0 Å². The van der Waals surface area contributed by atoms with Crippen LogP contribution in [0.25, 0.3) is 22.4 Å². The smallest absolute Gasteiger partial charge is 0.303 e. The number of amides is 1. The van der Waals surface area contributed by atoms with E-state index in [-0.39, 0.29) is 25.2 Å². The first-order valence-electron chi connectivity index (χ1n) is 10.6. The molecule has 1 amide bonds. The molecule has 0 radical (unpaired) electrons. The van der Waals surface area contributed by atoms with Gasteiger partial charge in [-0.05, 0) is 41.4 Å². The van der Waals surface area contributed by atoms with Crippen molar-refractivity contribution in [2.45, 2.75) is 18.9 Å². The number of carbonyl (C=O) groups excluding carboxylic acids is 1. The number of carboxylic acids is 1. The molecule has 0 saturated heterocycles. The van der Waals surface area contributed by atoms with E-state index in [0.29, 0.717) is 34.4 Å². The van der Waals surface area contributed by atoms with Crippen LogP contribution >= 0.6 is 11.5 Å². The molecule has 2 aromatic carbocycles. The Kier molecular flexibility index (Phi) is 10.3. The third-order valence-corrected chi connectivity index (χ3v) is 5.98. The number of carboxylic acid groups (broad SMARTS) is 1. The van der Waals surface area contributed by atoms with Gasteiger partial charge < -0.3 is 47.5 Å². The zero-order chi connectivity index (χ0) is 25.5. The van der Waals surface area contributed by atoms with Crippen molar-refractivity contribution in [1.29, 1.82) is 0 Å². The predicted octanol–water partition coefficient (Wildman–Crippen LogP) is -0.0707. The third kappa shape index (κ3) is 6.36. The van der Waals surface area contributed by atoms with Crippen molar-refractivity contribution in [3.05, 3.63) is 35.7 Å². The number of aromatic nitrogens is 1. The van der Waals surface area contributed by atoms with Crippen LogP contribution in [0.2, 0.25) is 0 Å². The molecule has 10 nitrogen and oxygen atoms in total. The minimum absolute atomic E-state index is 0. The fourth-order valence-corrected chi connectivity index (χ4v) is 4.22. The molecule has 0 unspecified atom stereocenters. The Balaban J connectivity index is 0.00000456. The highest BCUT2D eigenvalue weighted by Gasteiger charge is 2.22. The standard InChI is InChI=1S/C24H27N3O7S.ClH/c1-31-18-7-5-13(9-17(18)26-24(30)16(25)6-8-21(28)29)15-12-35-27-22(15)14-10-19(32-2)23(34-4)20(11-14)33-3;/h5,7,9-12,16H,6,8,25H2,1-4H3,(H,26,30)(H,28,29);1H/t16-;/m1./s1. The van der Waals surface area contributed by atoms with Crippen LogP contribution in [-0.4, -0.2) is 55.8 Å². The van der Waals surface area contributed by atoms with E-state index < -0.39 is 17.9 Å². The summed E-state index contributed by atoms with van der Waals surface area (Å²) in [5.41, 5.74) is 7.32. The van der Waals surface area contributed by atoms with Crippen LogP contribution in [0.4, 0.5) is 5.69 Å². The number of benzene rings is 2. The number of halogens is 1. The Morgan fingerprint density at radius 1 is 1.00 bits per heavy atom. The molecule has 0 aliphatic carbocycles. The van der Waals surface area contributed by atoms with Gasteiger partial charge in [0.15, 0.2) is 17.5 Å². The number of aliphatic carboxylic acids is 1. The normalized spacial score (nSPS) is 11.1. The molecule has 0 spiro atoms. The molecule has 0 aliphatic heterocycles. The Labute approximate surface area is 218 Å². The molecule has 5 N–H and O–H groups in total. The van der Waals surface area contributed by atoms with E-state index in [4.69, 9.17) is 24.1 Å². The lowest BCUT2D eigenvalue weighted by molar-refractivity contribution is -0.403. The Morgan fingerprint density at radius 2 is 1.64 bits per heavy atom. The maximum atomic E-state index is 12.6. The highest BCUT2D eigenvalue weighted by Crippen LogP contribution is 2.44. The van der Waals surface area contributed by atoms with Gasteiger partial charge in [-0.1, -0.05) is 6.07 Å². The lowest BCUT2D eigenvalue weighted by Gasteiger charge is -2.15. The predicted molar refractivity (Wildman–Crippen MR) is 131 cm³/mol. The number of nitrogens with one attached hydrogen (secondary N) is 1. The molecule has 12 heteroatoms. The summed E-state index contributed by atoms with van der Waals surface area (Å²) in [5.74, 6) is 0.587. The molecule has 1 heterocycles. The van der Waals surface area contributed by atoms with Crippen molar-refractivity contribution >= 4 is 29.1 Å². The highest BCUT2D eigenvalue weighted by molar-refractivity contribution is 7.04. The molecule has 36 heavy (non-hydrogen) atoms. The van der Waals surface area contributed by atoms with E-state index in [2.05, 4.69) is 15.4 Å². The summed E-state index contributed by atoms with van der Waals surface area (Å²) in [6.45, 7) is 0. The molecular weight excluding hydrogens is 510 g/mol. The molecule has 0 saturated carbocycles. The average Bonchev–Trinajstić information content (AvgIpc) is 3.36. The van der Waals surface area contributed by atoms with Gasteiger partial charge >= 0.3 is 5.97 Å². The first-order chi connectivity index (χ1) is 16.8. The van der Waals surface area contributed by atoms with Gasteiger partial charge in [0.05, 0.1) is 46.2 Å². The summed E-state index contributed by atoms with van der Waals surface area (Å²) < 4.78 is 26.4. The third-order valence-electron chi connectivity index (χ3n) is 5.35. The van der Waals surface area contributed by atoms with Gasteiger partial charge in [-0.25, -0.2) is 0 Å². The number of ether oxygens (including phenoxy) is 4. The molecule has 1 atom stereocenters. The largest absolute Gasteiger partial charge is 1.00 e. The molecule has 1 aromatic heterocycles. The molecule has 0 aliphatic rings. The molecular formula is C24H28ClN3O7S. The fraction of sp³-hybridized carbons (Fsp3) is 0.292. The minimum Gasteiger partial charge on any atom is -1.00 e. The Morgan fingerprint density at radius 3 is 2.19 bits per heavy atom. The second-order valence-corrected chi connectivity index (χ2v) is 8.15. The lowest BCUT2D eigenvalue weighted by Crippen LogP contribution is -3.00. The molecule has 0 bridgehead atoms. The molecule has 3 aromatic rings. The van der Waals surface area contributed by atoms with Gasteiger partial charge in [-0.2, -0.15) is 4.37 Å². The van der Waals surface area contributed by atoms with E-state index in [9.17, 15) is 9.59 Å². The maximum absolute atomic E-state index is 12.6. The van der Waals surface area contributed by atoms with Gasteiger partial charge in [0.25, 0.3) is 5.91 Å². The molecule has 3 rings (SSSR count). The number of hydrogen-bond donors (Lipinski definition) is 3. The number of quaternary nitrogens is 1.